The number of carbonyl (C=O) groups is 1. The first-order valence-electron chi connectivity index (χ1n) is 9.25. The van der Waals surface area contributed by atoms with Crippen LogP contribution in [0.1, 0.15) is 29.6 Å². The van der Waals surface area contributed by atoms with E-state index in [4.69, 9.17) is 11.6 Å². The number of benzene rings is 2. The molecule has 8 nitrogen and oxygen atoms in total. The lowest BCUT2D eigenvalue weighted by Gasteiger charge is -2.06. The van der Waals surface area contributed by atoms with Crippen molar-refractivity contribution in [1.82, 2.24) is 14.8 Å². The molecule has 2 aromatic carbocycles. The lowest BCUT2D eigenvalue weighted by molar-refractivity contribution is -0.384. The van der Waals surface area contributed by atoms with Gasteiger partial charge in [-0.25, -0.2) is 0 Å². The Morgan fingerprint density at radius 2 is 2.03 bits per heavy atom. The van der Waals surface area contributed by atoms with Gasteiger partial charge >= 0.3 is 0 Å². The first-order valence-corrected chi connectivity index (χ1v) is 10.6. The maximum absolute atomic E-state index is 12.3. The Labute approximate surface area is 181 Å². The average Bonchev–Trinajstić information content (AvgIpc) is 3.44. The number of nitro benzene ring substituents is 1. The highest BCUT2D eigenvalue weighted by Gasteiger charge is 2.42. The summed E-state index contributed by atoms with van der Waals surface area (Å²) in [5, 5.41) is 22.8. The molecule has 4 rings (SSSR count). The molecule has 154 valence electrons. The minimum Gasteiger partial charge on any atom is -0.325 e. The van der Waals surface area contributed by atoms with Gasteiger partial charge in [-0.05, 0) is 30.0 Å². The van der Waals surface area contributed by atoms with Crippen molar-refractivity contribution in [2.75, 3.05) is 11.1 Å². The molecule has 0 spiro atoms. The average molecular weight is 444 g/mol. The van der Waals surface area contributed by atoms with E-state index >= 15 is 0 Å². The van der Waals surface area contributed by atoms with Gasteiger partial charge in [0.25, 0.3) is 5.69 Å². The van der Waals surface area contributed by atoms with Crippen LogP contribution >= 0.6 is 23.4 Å². The Balaban J connectivity index is 1.35. The Hall–Kier alpha value is -2.91. The summed E-state index contributed by atoms with van der Waals surface area (Å²) >= 11 is 7.06. The van der Waals surface area contributed by atoms with E-state index in [9.17, 15) is 14.9 Å². The number of amides is 1. The van der Waals surface area contributed by atoms with Gasteiger partial charge < -0.3 is 9.88 Å². The molecule has 10 heteroatoms. The molecule has 1 aliphatic carbocycles. The van der Waals surface area contributed by atoms with Gasteiger partial charge in [-0.3, -0.25) is 14.9 Å². The number of rotatable bonds is 7. The van der Waals surface area contributed by atoms with Gasteiger partial charge in [-0.2, -0.15) is 0 Å². The van der Waals surface area contributed by atoms with Crippen molar-refractivity contribution in [3.05, 3.63) is 75.1 Å². The minimum absolute atomic E-state index is 0.0212. The molecule has 0 bridgehead atoms. The fourth-order valence-corrected chi connectivity index (χ4v) is 4.29. The van der Waals surface area contributed by atoms with E-state index < -0.39 is 4.92 Å². The van der Waals surface area contributed by atoms with Crippen LogP contribution in [0.4, 0.5) is 11.4 Å². The Morgan fingerprint density at radius 1 is 1.27 bits per heavy atom. The monoisotopic (exact) mass is 443 g/mol. The summed E-state index contributed by atoms with van der Waals surface area (Å²) in [6.45, 7) is 0. The number of hydrogen-bond acceptors (Lipinski definition) is 6. The number of aromatic nitrogens is 3. The third kappa shape index (κ3) is 4.31. The molecule has 1 saturated carbocycles. The van der Waals surface area contributed by atoms with Crippen molar-refractivity contribution >= 4 is 40.6 Å². The second-order valence-corrected chi connectivity index (χ2v) is 8.37. The second-order valence-electron chi connectivity index (χ2n) is 7.02. The summed E-state index contributed by atoms with van der Waals surface area (Å²) < 4.78 is 1.93. The highest BCUT2D eigenvalue weighted by Crippen LogP contribution is 2.54. The topological polar surface area (TPSA) is 103 Å². The molecule has 1 fully saturated rings. The largest absolute Gasteiger partial charge is 0.325 e. The maximum atomic E-state index is 12.3. The fourth-order valence-electron chi connectivity index (χ4n) is 3.38. The predicted octanol–water partition coefficient (Wildman–Crippen LogP) is 4.38. The first-order chi connectivity index (χ1) is 14.4. The van der Waals surface area contributed by atoms with Crippen molar-refractivity contribution in [2.45, 2.75) is 23.4 Å². The maximum Gasteiger partial charge on any atom is 0.289 e. The third-order valence-electron chi connectivity index (χ3n) is 4.98. The standard InChI is InChI=1S/C20H18ClN5O3S/c1-25-19(15-10-14(15)12-5-3-2-4-6-12)23-24-20(25)30-11-18(27)22-13-7-8-16(21)17(9-13)26(28)29/h2-9,14-15H,10-11H2,1H3,(H,22,27). The van der Waals surface area contributed by atoms with Crippen LogP contribution in [0.25, 0.3) is 0 Å². The summed E-state index contributed by atoms with van der Waals surface area (Å²) in [7, 11) is 1.90. The molecule has 1 N–H and O–H groups in total. The zero-order valence-electron chi connectivity index (χ0n) is 16.0. The summed E-state index contributed by atoms with van der Waals surface area (Å²) in [5.74, 6) is 1.52. The van der Waals surface area contributed by atoms with E-state index in [2.05, 4.69) is 27.6 Å². The lowest BCUT2D eigenvalue weighted by Crippen LogP contribution is -2.14. The Morgan fingerprint density at radius 3 is 2.77 bits per heavy atom. The zero-order chi connectivity index (χ0) is 21.3. The molecule has 0 aliphatic heterocycles. The summed E-state index contributed by atoms with van der Waals surface area (Å²) in [5.41, 5.74) is 1.37. The molecular formula is C20H18ClN5O3S. The first kappa shape index (κ1) is 20.4. The molecular weight excluding hydrogens is 426 g/mol. The Bertz CT molecular complexity index is 1110. The van der Waals surface area contributed by atoms with Crippen LogP contribution in [0.3, 0.4) is 0 Å². The van der Waals surface area contributed by atoms with Crippen molar-refractivity contribution in [2.24, 2.45) is 7.05 Å². The number of hydrogen-bond donors (Lipinski definition) is 1. The molecule has 0 saturated heterocycles. The molecule has 1 amide bonds. The van der Waals surface area contributed by atoms with Crippen LogP contribution < -0.4 is 5.32 Å². The van der Waals surface area contributed by atoms with Crippen LogP contribution in [0.5, 0.6) is 0 Å². The van der Waals surface area contributed by atoms with Crippen LogP contribution in [-0.2, 0) is 11.8 Å². The van der Waals surface area contributed by atoms with Gasteiger partial charge in [0.05, 0.1) is 10.7 Å². The van der Waals surface area contributed by atoms with Crippen molar-refractivity contribution in [3.63, 3.8) is 0 Å². The summed E-state index contributed by atoms with van der Waals surface area (Å²) in [6.07, 6.45) is 1.04. The fraction of sp³-hybridized carbons (Fsp3) is 0.250. The number of thioether (sulfide) groups is 1. The number of nitro groups is 1. The van der Waals surface area contributed by atoms with E-state index in [1.807, 2.05) is 29.8 Å². The molecule has 1 heterocycles. The predicted molar refractivity (Wildman–Crippen MR) is 115 cm³/mol. The molecule has 0 radical (unpaired) electrons. The van der Waals surface area contributed by atoms with Gasteiger partial charge in [-0.15, -0.1) is 10.2 Å². The molecule has 3 aromatic rings. The van der Waals surface area contributed by atoms with Crippen molar-refractivity contribution in [3.8, 4) is 0 Å². The van der Waals surface area contributed by atoms with Crippen LogP contribution in [0.15, 0.2) is 53.7 Å². The van der Waals surface area contributed by atoms with E-state index in [0.29, 0.717) is 22.7 Å². The minimum atomic E-state index is -0.589. The third-order valence-corrected chi connectivity index (χ3v) is 6.32. The highest BCUT2D eigenvalue weighted by molar-refractivity contribution is 7.99. The normalized spacial score (nSPS) is 17.5. The highest BCUT2D eigenvalue weighted by atomic mass is 35.5. The SMILES string of the molecule is Cn1c(SCC(=O)Nc2ccc(Cl)c([N+](=O)[O-])c2)nnc1C1CC1c1ccccc1. The second kappa shape index (κ2) is 8.45. The van der Waals surface area contributed by atoms with Gasteiger partial charge in [-0.1, -0.05) is 53.7 Å². The zero-order valence-corrected chi connectivity index (χ0v) is 17.6. The lowest BCUT2D eigenvalue weighted by atomic mass is 10.1. The molecule has 1 aliphatic rings. The van der Waals surface area contributed by atoms with Crippen LogP contribution in [0.2, 0.25) is 5.02 Å². The smallest absolute Gasteiger partial charge is 0.289 e. The number of halogens is 1. The number of carbonyl (C=O) groups excluding carboxylic acids is 1. The molecule has 1 aromatic heterocycles. The summed E-state index contributed by atoms with van der Waals surface area (Å²) in [6, 6.07) is 14.5. The van der Waals surface area contributed by atoms with E-state index in [1.165, 1.54) is 35.5 Å². The molecule has 30 heavy (non-hydrogen) atoms. The van der Waals surface area contributed by atoms with Gasteiger partial charge in [0, 0.05) is 24.7 Å². The van der Waals surface area contributed by atoms with E-state index in [-0.39, 0.29) is 22.4 Å². The van der Waals surface area contributed by atoms with Crippen LogP contribution in [0, 0.1) is 10.1 Å². The number of anilines is 1. The van der Waals surface area contributed by atoms with Crippen molar-refractivity contribution < 1.29 is 9.72 Å². The van der Waals surface area contributed by atoms with Crippen LogP contribution in [-0.4, -0.2) is 31.3 Å². The Kier molecular flexibility index (Phi) is 5.74. The van der Waals surface area contributed by atoms with Gasteiger partial charge in [0.2, 0.25) is 5.91 Å². The quantitative estimate of drug-likeness (QED) is 0.330. The van der Waals surface area contributed by atoms with Gasteiger partial charge in [0.15, 0.2) is 5.16 Å². The van der Waals surface area contributed by atoms with E-state index in [0.717, 1.165) is 12.2 Å². The molecule has 2 unspecified atom stereocenters. The number of nitrogens with one attached hydrogen (secondary N) is 1. The van der Waals surface area contributed by atoms with E-state index in [1.54, 1.807) is 0 Å². The van der Waals surface area contributed by atoms with Crippen molar-refractivity contribution in [1.29, 1.82) is 0 Å². The van der Waals surface area contributed by atoms with Gasteiger partial charge in [0.1, 0.15) is 10.8 Å². The summed E-state index contributed by atoms with van der Waals surface area (Å²) in [4.78, 5) is 22.6. The number of nitrogens with zero attached hydrogens (tertiary/aromatic N) is 4. The molecule has 2 atom stereocenters.